The van der Waals surface area contributed by atoms with Gasteiger partial charge in [0, 0.05) is 11.6 Å². The second-order valence-electron chi connectivity index (χ2n) is 6.45. The highest BCUT2D eigenvalue weighted by Gasteiger charge is 2.37. The third-order valence-corrected chi connectivity index (χ3v) is 5.66. The zero-order valence-electron chi connectivity index (χ0n) is 12.4. The molecule has 0 amide bonds. The first kappa shape index (κ1) is 14.5. The molecule has 106 valence electrons. The Labute approximate surface area is 116 Å². The lowest BCUT2D eigenvalue weighted by atomic mass is 9.93. The van der Waals surface area contributed by atoms with Crippen molar-refractivity contribution >= 4 is 9.84 Å². The number of hydrogen-bond donors (Lipinski definition) is 1. The molecule has 1 aliphatic heterocycles. The van der Waals surface area contributed by atoms with Gasteiger partial charge in [-0.15, -0.1) is 0 Å². The molecule has 0 spiro atoms. The van der Waals surface area contributed by atoms with E-state index in [1.54, 1.807) is 0 Å². The summed E-state index contributed by atoms with van der Waals surface area (Å²) in [6.45, 7) is 10.1. The van der Waals surface area contributed by atoms with E-state index in [-0.39, 0.29) is 23.1 Å². The molecule has 0 bridgehead atoms. The minimum atomic E-state index is -2.99. The van der Waals surface area contributed by atoms with E-state index in [9.17, 15) is 8.42 Å². The molecule has 0 saturated carbocycles. The molecule has 3 nitrogen and oxygen atoms in total. The highest BCUT2D eigenvalue weighted by molar-refractivity contribution is 7.91. The average Bonchev–Trinajstić information content (AvgIpc) is 2.09. The quantitative estimate of drug-likeness (QED) is 0.860. The maximum atomic E-state index is 12.1. The fourth-order valence-electron chi connectivity index (χ4n) is 3.31. The lowest BCUT2D eigenvalue weighted by Crippen LogP contribution is -2.54. The molecule has 1 N–H and O–H groups in total. The van der Waals surface area contributed by atoms with Crippen molar-refractivity contribution in [2.45, 2.75) is 46.2 Å². The SMILES string of the molecule is Cc1cc(C)c(C2CS(=O)(=O)CC(C)(C)N2)c(C)c1. The van der Waals surface area contributed by atoms with Crippen LogP contribution in [0.5, 0.6) is 0 Å². The summed E-state index contributed by atoms with van der Waals surface area (Å²) in [5.41, 5.74) is 4.33. The Bertz CT molecular complexity index is 580. The second-order valence-corrected chi connectivity index (χ2v) is 8.56. The van der Waals surface area contributed by atoms with E-state index >= 15 is 0 Å². The maximum absolute atomic E-state index is 12.1. The number of benzene rings is 1. The number of aryl methyl sites for hydroxylation is 3. The molecular formula is C15H23NO2S. The van der Waals surface area contributed by atoms with E-state index in [1.165, 1.54) is 16.7 Å². The zero-order chi connectivity index (χ0) is 14.4. The summed E-state index contributed by atoms with van der Waals surface area (Å²) in [6, 6.07) is 4.14. The van der Waals surface area contributed by atoms with Crippen LogP contribution in [0.2, 0.25) is 0 Å². The van der Waals surface area contributed by atoms with Crippen LogP contribution in [0, 0.1) is 20.8 Å². The van der Waals surface area contributed by atoms with Gasteiger partial charge in [0.05, 0.1) is 11.5 Å². The molecule has 19 heavy (non-hydrogen) atoms. The normalized spacial score (nSPS) is 25.2. The van der Waals surface area contributed by atoms with Gasteiger partial charge in [-0.25, -0.2) is 8.42 Å². The molecule has 1 atom stereocenters. The summed E-state index contributed by atoms with van der Waals surface area (Å²) in [7, 11) is -2.99. The summed E-state index contributed by atoms with van der Waals surface area (Å²) in [5, 5.41) is 3.49. The largest absolute Gasteiger partial charge is 0.303 e. The number of sulfone groups is 1. The van der Waals surface area contributed by atoms with Crippen LogP contribution in [0.25, 0.3) is 0 Å². The van der Waals surface area contributed by atoms with Gasteiger partial charge >= 0.3 is 0 Å². The fraction of sp³-hybridized carbons (Fsp3) is 0.600. The summed E-state index contributed by atoms with van der Waals surface area (Å²) >= 11 is 0. The van der Waals surface area contributed by atoms with Gasteiger partial charge in [0.15, 0.2) is 9.84 Å². The van der Waals surface area contributed by atoms with Crippen LogP contribution >= 0.6 is 0 Å². The third-order valence-electron chi connectivity index (χ3n) is 3.65. The Morgan fingerprint density at radius 1 is 1.16 bits per heavy atom. The Kier molecular flexibility index (Phi) is 3.52. The van der Waals surface area contributed by atoms with Crippen molar-refractivity contribution in [1.29, 1.82) is 0 Å². The standard InChI is InChI=1S/C15H23NO2S/c1-10-6-11(2)14(12(3)7-10)13-8-19(17,18)9-15(4,5)16-13/h6-7,13,16H,8-9H2,1-5H3. The monoisotopic (exact) mass is 281 g/mol. The van der Waals surface area contributed by atoms with Gasteiger partial charge in [-0.1, -0.05) is 17.7 Å². The lowest BCUT2D eigenvalue weighted by Gasteiger charge is -2.38. The predicted molar refractivity (Wildman–Crippen MR) is 79.3 cm³/mol. The van der Waals surface area contributed by atoms with Gasteiger partial charge in [-0.2, -0.15) is 0 Å². The van der Waals surface area contributed by atoms with Crippen LogP contribution in [0.15, 0.2) is 12.1 Å². The van der Waals surface area contributed by atoms with E-state index in [2.05, 4.69) is 38.2 Å². The van der Waals surface area contributed by atoms with Crippen molar-refractivity contribution in [1.82, 2.24) is 5.32 Å². The van der Waals surface area contributed by atoms with Crippen molar-refractivity contribution in [2.75, 3.05) is 11.5 Å². The molecule has 0 aliphatic carbocycles. The fourth-order valence-corrected chi connectivity index (χ4v) is 5.37. The Morgan fingerprint density at radius 2 is 1.68 bits per heavy atom. The summed E-state index contributed by atoms with van der Waals surface area (Å²) in [6.07, 6.45) is 0. The lowest BCUT2D eigenvalue weighted by molar-refractivity contribution is 0.358. The van der Waals surface area contributed by atoms with Gasteiger partial charge in [0.2, 0.25) is 0 Å². The molecule has 1 saturated heterocycles. The smallest absolute Gasteiger partial charge is 0.153 e. The van der Waals surface area contributed by atoms with E-state index in [0.29, 0.717) is 0 Å². The molecule has 1 fully saturated rings. The van der Waals surface area contributed by atoms with E-state index in [0.717, 1.165) is 5.56 Å². The molecule has 0 radical (unpaired) electrons. The molecule has 1 aromatic rings. The first-order valence-electron chi connectivity index (χ1n) is 6.65. The van der Waals surface area contributed by atoms with Gasteiger partial charge in [0.1, 0.15) is 0 Å². The molecule has 1 heterocycles. The summed E-state index contributed by atoms with van der Waals surface area (Å²) in [5.74, 6) is 0.404. The van der Waals surface area contributed by atoms with Crippen LogP contribution in [-0.2, 0) is 9.84 Å². The molecule has 4 heteroatoms. The van der Waals surface area contributed by atoms with Crippen LogP contribution in [0.1, 0.15) is 42.1 Å². The Morgan fingerprint density at radius 3 is 2.16 bits per heavy atom. The maximum Gasteiger partial charge on any atom is 0.153 e. The minimum absolute atomic E-state index is 0.102. The van der Waals surface area contributed by atoms with Gasteiger partial charge in [-0.05, 0) is 51.3 Å². The first-order valence-corrected chi connectivity index (χ1v) is 8.48. The number of hydrogen-bond acceptors (Lipinski definition) is 3. The molecule has 0 aromatic heterocycles. The third kappa shape index (κ3) is 3.18. The summed E-state index contributed by atoms with van der Waals surface area (Å²) in [4.78, 5) is 0. The van der Waals surface area contributed by atoms with Gasteiger partial charge in [-0.3, -0.25) is 0 Å². The van der Waals surface area contributed by atoms with Crippen molar-refractivity contribution in [3.63, 3.8) is 0 Å². The first-order chi connectivity index (χ1) is 8.60. The average molecular weight is 281 g/mol. The Hall–Kier alpha value is -0.870. The van der Waals surface area contributed by atoms with E-state index in [1.807, 2.05) is 13.8 Å². The van der Waals surface area contributed by atoms with Gasteiger partial charge in [0.25, 0.3) is 0 Å². The van der Waals surface area contributed by atoms with Crippen LogP contribution in [-0.4, -0.2) is 25.5 Å². The minimum Gasteiger partial charge on any atom is -0.303 e. The molecular weight excluding hydrogens is 258 g/mol. The van der Waals surface area contributed by atoms with E-state index < -0.39 is 9.84 Å². The molecule has 1 aliphatic rings. The van der Waals surface area contributed by atoms with Crippen molar-refractivity contribution in [3.8, 4) is 0 Å². The zero-order valence-corrected chi connectivity index (χ0v) is 13.2. The molecule has 1 aromatic carbocycles. The highest BCUT2D eigenvalue weighted by Crippen LogP contribution is 2.30. The highest BCUT2D eigenvalue weighted by atomic mass is 32.2. The van der Waals surface area contributed by atoms with Crippen molar-refractivity contribution < 1.29 is 8.42 Å². The number of rotatable bonds is 1. The second kappa shape index (κ2) is 4.60. The molecule has 2 rings (SSSR count). The van der Waals surface area contributed by atoms with Crippen molar-refractivity contribution in [3.05, 3.63) is 34.4 Å². The van der Waals surface area contributed by atoms with Crippen LogP contribution in [0.4, 0.5) is 0 Å². The van der Waals surface area contributed by atoms with Crippen molar-refractivity contribution in [2.24, 2.45) is 0 Å². The van der Waals surface area contributed by atoms with Crippen LogP contribution in [0.3, 0.4) is 0 Å². The van der Waals surface area contributed by atoms with Gasteiger partial charge < -0.3 is 5.32 Å². The molecule has 1 unspecified atom stereocenters. The summed E-state index contributed by atoms with van der Waals surface area (Å²) < 4.78 is 24.2. The van der Waals surface area contributed by atoms with Crippen LogP contribution < -0.4 is 5.32 Å². The number of nitrogens with one attached hydrogen (secondary N) is 1. The van der Waals surface area contributed by atoms with E-state index in [4.69, 9.17) is 0 Å². The topological polar surface area (TPSA) is 46.2 Å². The predicted octanol–water partition coefficient (Wildman–Crippen LogP) is 2.45. The Balaban J connectivity index is 2.48.